The minimum absolute atomic E-state index is 0.000189. The third-order valence-electron chi connectivity index (χ3n) is 6.65. The number of amides is 3. The maximum absolute atomic E-state index is 13.4. The van der Waals surface area contributed by atoms with Crippen molar-refractivity contribution in [1.29, 1.82) is 0 Å². The molecule has 2 unspecified atom stereocenters. The van der Waals surface area contributed by atoms with Crippen molar-refractivity contribution in [3.8, 4) is 5.75 Å². The van der Waals surface area contributed by atoms with Crippen LogP contribution in [0.3, 0.4) is 0 Å². The third kappa shape index (κ3) is 6.77. The number of esters is 2. The zero-order valence-electron chi connectivity index (χ0n) is 22.4. The SMILES string of the molecule is CCOC(=O)N1CCN(C(=O)C(CCC(=O)OC)NC(=O)c2cc(OC3CCOC3=O)c3ccccc3n2)CC1. The smallest absolute Gasteiger partial charge is 0.409 e. The van der Waals surface area contributed by atoms with E-state index in [4.69, 9.17) is 18.9 Å². The third-order valence-corrected chi connectivity index (χ3v) is 6.65. The molecule has 2 aliphatic rings. The van der Waals surface area contributed by atoms with Crippen LogP contribution in [0.5, 0.6) is 5.75 Å². The van der Waals surface area contributed by atoms with Crippen LogP contribution in [0, 0.1) is 0 Å². The highest BCUT2D eigenvalue weighted by atomic mass is 16.6. The van der Waals surface area contributed by atoms with Crippen molar-refractivity contribution in [2.24, 2.45) is 0 Å². The fourth-order valence-electron chi connectivity index (χ4n) is 4.49. The first-order valence-corrected chi connectivity index (χ1v) is 13.1. The van der Waals surface area contributed by atoms with E-state index in [-0.39, 0.29) is 63.7 Å². The van der Waals surface area contributed by atoms with Crippen molar-refractivity contribution in [2.75, 3.05) is 46.5 Å². The number of cyclic esters (lactones) is 1. The summed E-state index contributed by atoms with van der Waals surface area (Å²) in [6.07, 6.45) is -0.968. The molecule has 13 heteroatoms. The molecule has 40 heavy (non-hydrogen) atoms. The minimum Gasteiger partial charge on any atom is -0.478 e. The van der Waals surface area contributed by atoms with Crippen molar-refractivity contribution >= 4 is 40.7 Å². The highest BCUT2D eigenvalue weighted by Gasteiger charge is 2.32. The lowest BCUT2D eigenvalue weighted by Crippen LogP contribution is -2.56. The number of benzene rings is 1. The number of methoxy groups -OCH3 is 1. The molecule has 1 aromatic heterocycles. The Labute approximate surface area is 230 Å². The number of piperazine rings is 1. The van der Waals surface area contributed by atoms with Gasteiger partial charge in [0.25, 0.3) is 5.91 Å². The lowest BCUT2D eigenvalue weighted by Gasteiger charge is -2.36. The number of carbonyl (C=O) groups excluding carboxylic acids is 5. The lowest BCUT2D eigenvalue weighted by atomic mass is 10.1. The Balaban J connectivity index is 1.52. The van der Waals surface area contributed by atoms with Gasteiger partial charge in [0.05, 0.1) is 25.8 Å². The maximum Gasteiger partial charge on any atom is 0.409 e. The molecule has 0 spiro atoms. The number of rotatable bonds is 9. The van der Waals surface area contributed by atoms with Crippen molar-refractivity contribution in [2.45, 2.75) is 38.3 Å². The number of carbonyl (C=O) groups is 5. The first-order chi connectivity index (χ1) is 19.3. The average molecular weight is 557 g/mol. The molecule has 3 amide bonds. The van der Waals surface area contributed by atoms with Crippen LogP contribution in [0.4, 0.5) is 4.79 Å². The Morgan fingerprint density at radius 3 is 2.52 bits per heavy atom. The predicted molar refractivity (Wildman–Crippen MR) is 139 cm³/mol. The summed E-state index contributed by atoms with van der Waals surface area (Å²) in [5, 5.41) is 3.31. The van der Waals surface area contributed by atoms with Crippen LogP contribution < -0.4 is 10.1 Å². The van der Waals surface area contributed by atoms with Crippen LogP contribution in [0.2, 0.25) is 0 Å². The summed E-state index contributed by atoms with van der Waals surface area (Å²) in [6, 6.07) is 7.37. The van der Waals surface area contributed by atoms with Gasteiger partial charge in [-0.25, -0.2) is 14.6 Å². The Hall–Kier alpha value is -4.42. The highest BCUT2D eigenvalue weighted by molar-refractivity contribution is 5.99. The van der Waals surface area contributed by atoms with Crippen LogP contribution in [0.15, 0.2) is 30.3 Å². The summed E-state index contributed by atoms with van der Waals surface area (Å²) < 4.78 is 20.6. The monoisotopic (exact) mass is 556 g/mol. The summed E-state index contributed by atoms with van der Waals surface area (Å²) in [5.74, 6) is -1.78. The topological polar surface area (TPSA) is 154 Å². The van der Waals surface area contributed by atoms with E-state index in [1.807, 2.05) is 0 Å². The predicted octanol–water partition coefficient (Wildman–Crippen LogP) is 1.28. The summed E-state index contributed by atoms with van der Waals surface area (Å²) in [4.78, 5) is 70.2. The first kappa shape index (κ1) is 28.6. The number of hydrogen-bond acceptors (Lipinski definition) is 10. The van der Waals surface area contributed by atoms with Gasteiger partial charge in [-0.1, -0.05) is 12.1 Å². The zero-order valence-corrected chi connectivity index (χ0v) is 22.4. The molecule has 4 rings (SSSR count). The van der Waals surface area contributed by atoms with Crippen LogP contribution in [0.25, 0.3) is 10.9 Å². The Morgan fingerprint density at radius 1 is 1.12 bits per heavy atom. The number of nitrogens with one attached hydrogen (secondary N) is 1. The molecule has 2 fully saturated rings. The minimum atomic E-state index is -1.05. The Bertz CT molecular complexity index is 1280. The summed E-state index contributed by atoms with van der Waals surface area (Å²) in [7, 11) is 1.24. The standard InChI is InChI=1S/C27H32N4O9/c1-3-38-27(36)31-13-11-30(12-14-31)25(34)19(8-9-23(32)37-2)29-24(33)20-16-22(40-21-10-15-39-26(21)35)17-6-4-5-7-18(17)28-20/h4-7,16,19,21H,3,8-15H2,1-2H3,(H,29,33). The molecule has 0 radical (unpaired) electrons. The van der Waals surface area contributed by atoms with Crippen LogP contribution in [-0.2, 0) is 28.6 Å². The quantitative estimate of drug-likeness (QED) is 0.353. The lowest BCUT2D eigenvalue weighted by molar-refractivity contribution is -0.143. The molecule has 1 aromatic carbocycles. The maximum atomic E-state index is 13.4. The number of ether oxygens (including phenoxy) is 4. The molecule has 3 heterocycles. The van der Waals surface area contributed by atoms with E-state index in [2.05, 4.69) is 10.3 Å². The fourth-order valence-corrected chi connectivity index (χ4v) is 4.49. The molecular formula is C27H32N4O9. The second-order valence-electron chi connectivity index (χ2n) is 9.24. The Kier molecular flexibility index (Phi) is 9.35. The van der Waals surface area contributed by atoms with Gasteiger partial charge in [0, 0.05) is 50.5 Å². The second-order valence-corrected chi connectivity index (χ2v) is 9.24. The molecule has 13 nitrogen and oxygen atoms in total. The van der Waals surface area contributed by atoms with Gasteiger partial charge < -0.3 is 34.1 Å². The number of pyridine rings is 1. The fraction of sp³-hybridized carbons (Fsp3) is 0.481. The number of nitrogens with zero attached hydrogens (tertiary/aromatic N) is 3. The van der Waals surface area contributed by atoms with E-state index in [1.54, 1.807) is 31.2 Å². The average Bonchev–Trinajstić information content (AvgIpc) is 3.38. The molecule has 2 saturated heterocycles. The van der Waals surface area contributed by atoms with E-state index in [1.165, 1.54) is 23.0 Å². The molecule has 214 valence electrons. The van der Waals surface area contributed by atoms with E-state index in [0.717, 1.165) is 0 Å². The van der Waals surface area contributed by atoms with Gasteiger partial charge in [0.1, 0.15) is 17.5 Å². The molecule has 1 N–H and O–H groups in total. The Morgan fingerprint density at radius 2 is 1.85 bits per heavy atom. The van der Waals surface area contributed by atoms with Gasteiger partial charge in [0.2, 0.25) is 5.91 Å². The van der Waals surface area contributed by atoms with Gasteiger partial charge in [0.15, 0.2) is 6.10 Å². The van der Waals surface area contributed by atoms with E-state index >= 15 is 0 Å². The molecule has 0 bridgehead atoms. The van der Waals surface area contributed by atoms with Crippen molar-refractivity contribution in [3.05, 3.63) is 36.0 Å². The molecule has 2 aliphatic heterocycles. The van der Waals surface area contributed by atoms with Gasteiger partial charge in [-0.05, 0) is 25.5 Å². The van der Waals surface area contributed by atoms with Crippen LogP contribution in [-0.4, -0.2) is 103 Å². The number of para-hydroxylation sites is 1. The summed E-state index contributed by atoms with van der Waals surface area (Å²) >= 11 is 0. The van der Waals surface area contributed by atoms with Gasteiger partial charge in [-0.15, -0.1) is 0 Å². The van der Waals surface area contributed by atoms with E-state index in [0.29, 0.717) is 17.3 Å². The van der Waals surface area contributed by atoms with Crippen LogP contribution in [0.1, 0.15) is 36.7 Å². The molecule has 2 aromatic rings. The molecule has 2 atom stereocenters. The zero-order chi connectivity index (χ0) is 28.6. The number of fused-ring (bicyclic) bond motifs is 1. The van der Waals surface area contributed by atoms with Crippen molar-refractivity contribution < 1.29 is 42.9 Å². The molecular weight excluding hydrogens is 524 g/mol. The largest absolute Gasteiger partial charge is 0.478 e. The van der Waals surface area contributed by atoms with Crippen molar-refractivity contribution in [3.63, 3.8) is 0 Å². The first-order valence-electron chi connectivity index (χ1n) is 13.1. The molecule has 0 saturated carbocycles. The van der Waals surface area contributed by atoms with E-state index in [9.17, 15) is 24.0 Å². The van der Waals surface area contributed by atoms with Crippen LogP contribution >= 0.6 is 0 Å². The number of hydrogen-bond donors (Lipinski definition) is 1. The molecule has 0 aliphatic carbocycles. The second kappa shape index (κ2) is 13.1. The van der Waals surface area contributed by atoms with Gasteiger partial charge >= 0.3 is 18.0 Å². The summed E-state index contributed by atoms with van der Waals surface area (Å²) in [6.45, 7) is 3.25. The summed E-state index contributed by atoms with van der Waals surface area (Å²) in [5.41, 5.74) is 0.437. The van der Waals surface area contributed by atoms with Crippen molar-refractivity contribution in [1.82, 2.24) is 20.1 Å². The normalized spacial score (nSPS) is 17.6. The number of aromatic nitrogens is 1. The van der Waals surface area contributed by atoms with Gasteiger partial charge in [-0.3, -0.25) is 14.4 Å². The van der Waals surface area contributed by atoms with E-state index < -0.39 is 42.0 Å². The highest BCUT2D eigenvalue weighted by Crippen LogP contribution is 2.28. The van der Waals surface area contributed by atoms with Gasteiger partial charge in [-0.2, -0.15) is 0 Å².